The summed E-state index contributed by atoms with van der Waals surface area (Å²) in [6, 6.07) is 4.34. The lowest BCUT2D eigenvalue weighted by Crippen LogP contribution is -2.48. The van der Waals surface area contributed by atoms with Crippen LogP contribution >= 0.6 is 0 Å². The third-order valence-corrected chi connectivity index (χ3v) is 5.10. The van der Waals surface area contributed by atoms with Crippen molar-refractivity contribution in [2.75, 3.05) is 43.9 Å². The first-order chi connectivity index (χ1) is 9.91. The summed E-state index contributed by atoms with van der Waals surface area (Å²) in [4.78, 5) is 6.68. The topological polar surface area (TPSA) is 65.5 Å². The van der Waals surface area contributed by atoms with Gasteiger partial charge in [-0.3, -0.25) is 4.98 Å². The van der Waals surface area contributed by atoms with Crippen molar-refractivity contribution in [1.29, 1.82) is 0 Å². The van der Waals surface area contributed by atoms with Crippen LogP contribution in [0, 0.1) is 0 Å². The standard InChI is InChI=1S/C14H24N4O2S/c1-4-15-12(2)14-6-5-13(11-16-14)17-7-9-18(10-8-17)21(3,19)20/h5-6,11-12,15H,4,7-10H2,1-3H3. The number of rotatable bonds is 5. The summed E-state index contributed by atoms with van der Waals surface area (Å²) in [6.07, 6.45) is 3.14. The highest BCUT2D eigenvalue weighted by Crippen LogP contribution is 2.18. The molecule has 0 bridgehead atoms. The molecule has 1 saturated heterocycles. The van der Waals surface area contributed by atoms with Gasteiger partial charge < -0.3 is 10.2 Å². The first-order valence-corrected chi connectivity index (χ1v) is 9.16. The van der Waals surface area contributed by atoms with E-state index in [0.29, 0.717) is 26.2 Å². The van der Waals surface area contributed by atoms with Crippen LogP contribution in [0.15, 0.2) is 18.3 Å². The minimum Gasteiger partial charge on any atom is -0.368 e. The molecule has 1 unspecified atom stereocenters. The number of piperazine rings is 1. The maximum Gasteiger partial charge on any atom is 0.211 e. The second-order valence-electron chi connectivity index (χ2n) is 5.37. The maximum absolute atomic E-state index is 11.5. The Kier molecular flexibility index (Phi) is 5.18. The lowest BCUT2D eigenvalue weighted by molar-refractivity contribution is 0.388. The molecule has 118 valence electrons. The van der Waals surface area contributed by atoms with Gasteiger partial charge in [0.15, 0.2) is 0 Å². The Morgan fingerprint density at radius 2 is 1.95 bits per heavy atom. The molecule has 1 aliphatic rings. The largest absolute Gasteiger partial charge is 0.368 e. The Labute approximate surface area is 127 Å². The van der Waals surface area contributed by atoms with E-state index in [9.17, 15) is 8.42 Å². The van der Waals surface area contributed by atoms with Gasteiger partial charge in [0.1, 0.15) is 0 Å². The van der Waals surface area contributed by atoms with E-state index in [0.717, 1.165) is 17.9 Å². The van der Waals surface area contributed by atoms with Gasteiger partial charge in [-0.25, -0.2) is 8.42 Å². The summed E-state index contributed by atoms with van der Waals surface area (Å²) in [5.74, 6) is 0. The summed E-state index contributed by atoms with van der Waals surface area (Å²) >= 11 is 0. The van der Waals surface area contributed by atoms with Crippen LogP contribution in [0.5, 0.6) is 0 Å². The van der Waals surface area contributed by atoms with Crippen LogP contribution in [0.1, 0.15) is 25.6 Å². The molecular weight excluding hydrogens is 288 g/mol. The van der Waals surface area contributed by atoms with E-state index in [4.69, 9.17) is 0 Å². The molecule has 0 saturated carbocycles. The predicted molar refractivity (Wildman–Crippen MR) is 85.0 cm³/mol. The number of pyridine rings is 1. The zero-order valence-corrected chi connectivity index (χ0v) is 13.7. The van der Waals surface area contributed by atoms with E-state index >= 15 is 0 Å². The number of aromatic nitrogens is 1. The lowest BCUT2D eigenvalue weighted by Gasteiger charge is -2.34. The fourth-order valence-corrected chi connectivity index (χ4v) is 3.36. The van der Waals surface area contributed by atoms with E-state index in [1.54, 1.807) is 0 Å². The Hall–Kier alpha value is -1.18. The molecule has 1 aliphatic heterocycles. The number of anilines is 1. The second kappa shape index (κ2) is 6.72. The van der Waals surface area contributed by atoms with Crippen LogP contribution in [-0.2, 0) is 10.0 Å². The van der Waals surface area contributed by atoms with E-state index in [1.807, 2.05) is 12.3 Å². The van der Waals surface area contributed by atoms with Crippen molar-refractivity contribution in [2.45, 2.75) is 19.9 Å². The molecule has 1 aromatic heterocycles. The molecule has 1 fully saturated rings. The summed E-state index contributed by atoms with van der Waals surface area (Å²) < 4.78 is 24.5. The summed E-state index contributed by atoms with van der Waals surface area (Å²) in [6.45, 7) is 7.57. The first kappa shape index (κ1) is 16.2. The third kappa shape index (κ3) is 4.15. The fourth-order valence-electron chi connectivity index (χ4n) is 2.53. The summed E-state index contributed by atoms with van der Waals surface area (Å²) in [5, 5.41) is 3.33. The molecule has 0 spiro atoms. The maximum atomic E-state index is 11.5. The van der Waals surface area contributed by atoms with Crippen molar-refractivity contribution in [3.63, 3.8) is 0 Å². The average molecular weight is 312 g/mol. The third-order valence-electron chi connectivity index (χ3n) is 3.80. The molecule has 21 heavy (non-hydrogen) atoms. The molecule has 1 N–H and O–H groups in total. The van der Waals surface area contributed by atoms with Crippen molar-refractivity contribution >= 4 is 15.7 Å². The highest BCUT2D eigenvalue weighted by molar-refractivity contribution is 7.88. The summed E-state index contributed by atoms with van der Waals surface area (Å²) in [7, 11) is -3.07. The smallest absolute Gasteiger partial charge is 0.211 e. The molecule has 2 heterocycles. The van der Waals surface area contributed by atoms with Gasteiger partial charge in [0.05, 0.1) is 23.8 Å². The molecule has 2 rings (SSSR count). The zero-order valence-electron chi connectivity index (χ0n) is 12.9. The molecule has 0 aliphatic carbocycles. The Bertz CT molecular complexity index is 551. The lowest BCUT2D eigenvalue weighted by atomic mass is 10.2. The van der Waals surface area contributed by atoms with Crippen molar-refractivity contribution in [3.05, 3.63) is 24.0 Å². The highest BCUT2D eigenvalue weighted by atomic mass is 32.2. The Morgan fingerprint density at radius 3 is 2.43 bits per heavy atom. The highest BCUT2D eigenvalue weighted by Gasteiger charge is 2.23. The molecule has 7 heteroatoms. The van der Waals surface area contributed by atoms with Crippen LogP contribution in [0.3, 0.4) is 0 Å². The number of nitrogens with zero attached hydrogens (tertiary/aromatic N) is 3. The Morgan fingerprint density at radius 1 is 1.29 bits per heavy atom. The van der Waals surface area contributed by atoms with E-state index in [2.05, 4.69) is 35.1 Å². The van der Waals surface area contributed by atoms with E-state index in [-0.39, 0.29) is 6.04 Å². The van der Waals surface area contributed by atoms with Crippen molar-refractivity contribution in [1.82, 2.24) is 14.6 Å². The van der Waals surface area contributed by atoms with Gasteiger partial charge in [0, 0.05) is 32.2 Å². The minimum atomic E-state index is -3.07. The number of sulfonamides is 1. The van der Waals surface area contributed by atoms with Gasteiger partial charge in [-0.05, 0) is 25.6 Å². The SMILES string of the molecule is CCNC(C)c1ccc(N2CCN(S(C)(=O)=O)CC2)cn1. The molecule has 1 atom stereocenters. The molecule has 0 amide bonds. The van der Waals surface area contributed by atoms with Crippen LogP contribution in [0.25, 0.3) is 0 Å². The van der Waals surface area contributed by atoms with Gasteiger partial charge in [0.2, 0.25) is 10.0 Å². The number of nitrogens with one attached hydrogen (secondary N) is 1. The van der Waals surface area contributed by atoms with Gasteiger partial charge in [-0.1, -0.05) is 6.92 Å². The number of hydrogen-bond acceptors (Lipinski definition) is 5. The minimum absolute atomic E-state index is 0.242. The predicted octanol–water partition coefficient (Wildman–Crippen LogP) is 0.834. The Balaban J connectivity index is 1.98. The molecule has 1 aromatic rings. The van der Waals surface area contributed by atoms with E-state index in [1.165, 1.54) is 10.6 Å². The quantitative estimate of drug-likeness (QED) is 0.872. The molecule has 0 radical (unpaired) electrons. The fraction of sp³-hybridized carbons (Fsp3) is 0.643. The molecular formula is C14H24N4O2S. The van der Waals surface area contributed by atoms with Crippen LogP contribution in [0.4, 0.5) is 5.69 Å². The van der Waals surface area contributed by atoms with Gasteiger partial charge in [0.25, 0.3) is 0 Å². The normalized spacial score (nSPS) is 18.7. The first-order valence-electron chi connectivity index (χ1n) is 7.31. The van der Waals surface area contributed by atoms with Gasteiger partial charge in [-0.15, -0.1) is 0 Å². The monoisotopic (exact) mass is 312 g/mol. The average Bonchev–Trinajstić information content (AvgIpc) is 2.47. The van der Waals surface area contributed by atoms with Crippen LogP contribution in [0.2, 0.25) is 0 Å². The molecule has 6 nitrogen and oxygen atoms in total. The van der Waals surface area contributed by atoms with Crippen LogP contribution in [-0.4, -0.2) is 56.7 Å². The van der Waals surface area contributed by atoms with Gasteiger partial charge >= 0.3 is 0 Å². The summed E-state index contributed by atoms with van der Waals surface area (Å²) in [5.41, 5.74) is 2.07. The van der Waals surface area contributed by atoms with Gasteiger partial charge in [-0.2, -0.15) is 4.31 Å². The van der Waals surface area contributed by atoms with Crippen molar-refractivity contribution in [3.8, 4) is 0 Å². The van der Waals surface area contributed by atoms with Crippen molar-refractivity contribution in [2.24, 2.45) is 0 Å². The van der Waals surface area contributed by atoms with E-state index < -0.39 is 10.0 Å². The van der Waals surface area contributed by atoms with Crippen molar-refractivity contribution < 1.29 is 8.42 Å². The zero-order chi connectivity index (χ0) is 15.5. The second-order valence-corrected chi connectivity index (χ2v) is 7.35. The number of hydrogen-bond donors (Lipinski definition) is 1. The molecule has 0 aromatic carbocycles. The van der Waals surface area contributed by atoms with Crippen LogP contribution < -0.4 is 10.2 Å².